The third-order valence-electron chi connectivity index (χ3n) is 4.92. The molecule has 1 aliphatic rings. The number of ether oxygens (including phenoxy) is 1. The van der Waals surface area contributed by atoms with E-state index in [2.05, 4.69) is 39.4 Å². The lowest BCUT2D eigenvalue weighted by atomic mass is 9.95. The number of nitrogens with one attached hydrogen (secondary N) is 2. The van der Waals surface area contributed by atoms with E-state index in [4.69, 9.17) is 4.74 Å². The lowest BCUT2D eigenvalue weighted by Crippen LogP contribution is -2.42. The fourth-order valence-electron chi connectivity index (χ4n) is 3.62. The Kier molecular flexibility index (Phi) is 4.42. The zero-order chi connectivity index (χ0) is 19.0. The van der Waals surface area contributed by atoms with Crippen LogP contribution in [0.25, 0.3) is 22.3 Å². The molecule has 1 atom stereocenters. The van der Waals surface area contributed by atoms with Crippen LogP contribution in [0.2, 0.25) is 0 Å². The zero-order valence-corrected chi connectivity index (χ0v) is 16.1. The molecule has 3 aromatic rings. The predicted molar refractivity (Wildman–Crippen MR) is 106 cm³/mol. The van der Waals surface area contributed by atoms with Crippen molar-refractivity contribution in [1.29, 1.82) is 0 Å². The van der Waals surface area contributed by atoms with Crippen molar-refractivity contribution in [3.8, 4) is 11.4 Å². The average Bonchev–Trinajstić information content (AvgIpc) is 3.27. The minimum atomic E-state index is -0.471. The minimum absolute atomic E-state index is 0.234. The van der Waals surface area contributed by atoms with Gasteiger partial charge in [0.1, 0.15) is 11.3 Å². The number of aromatic amines is 2. The highest BCUT2D eigenvalue weighted by Gasteiger charge is 2.29. The molecule has 3 heterocycles. The van der Waals surface area contributed by atoms with Crippen LogP contribution in [0.4, 0.5) is 4.79 Å². The summed E-state index contributed by atoms with van der Waals surface area (Å²) in [7, 11) is 0. The second-order valence-electron chi connectivity index (χ2n) is 8.24. The molecule has 0 bridgehead atoms. The van der Waals surface area contributed by atoms with E-state index in [0.717, 1.165) is 42.0 Å². The highest BCUT2D eigenvalue weighted by molar-refractivity contribution is 5.85. The Hall–Kier alpha value is -2.76. The molecular weight excluding hydrogens is 340 g/mol. The number of benzene rings is 1. The molecule has 1 fully saturated rings. The number of nitrogens with zero attached hydrogens (tertiary/aromatic N) is 2. The Bertz CT molecular complexity index is 917. The number of fused-ring (bicyclic) bond motifs is 1. The molecule has 0 spiro atoms. The van der Waals surface area contributed by atoms with E-state index in [1.54, 1.807) is 0 Å². The number of amides is 1. The van der Waals surface area contributed by atoms with Gasteiger partial charge in [0, 0.05) is 35.6 Å². The maximum atomic E-state index is 12.4. The van der Waals surface area contributed by atoms with Crippen molar-refractivity contribution < 1.29 is 9.53 Å². The lowest BCUT2D eigenvalue weighted by Gasteiger charge is -2.33. The van der Waals surface area contributed by atoms with Crippen LogP contribution >= 0.6 is 0 Å². The van der Waals surface area contributed by atoms with Gasteiger partial charge in [-0.3, -0.25) is 5.10 Å². The van der Waals surface area contributed by atoms with Crippen molar-refractivity contribution in [1.82, 2.24) is 20.1 Å². The van der Waals surface area contributed by atoms with Crippen LogP contribution in [0.5, 0.6) is 0 Å². The van der Waals surface area contributed by atoms with Gasteiger partial charge < -0.3 is 14.6 Å². The highest BCUT2D eigenvalue weighted by atomic mass is 16.6. The summed E-state index contributed by atoms with van der Waals surface area (Å²) in [5, 5.41) is 8.84. The van der Waals surface area contributed by atoms with Gasteiger partial charge >= 0.3 is 6.09 Å². The number of likely N-dealkylation sites (tertiary alicyclic amines) is 1. The summed E-state index contributed by atoms with van der Waals surface area (Å²) >= 11 is 0. The molecule has 2 N–H and O–H groups in total. The summed E-state index contributed by atoms with van der Waals surface area (Å²) < 4.78 is 5.53. The van der Waals surface area contributed by atoms with Crippen LogP contribution in [0, 0.1) is 0 Å². The molecular formula is C21H26N4O2. The Morgan fingerprint density at radius 3 is 2.85 bits per heavy atom. The van der Waals surface area contributed by atoms with Crippen molar-refractivity contribution >= 4 is 17.0 Å². The van der Waals surface area contributed by atoms with Gasteiger partial charge in [-0.15, -0.1) is 0 Å². The van der Waals surface area contributed by atoms with E-state index < -0.39 is 5.60 Å². The van der Waals surface area contributed by atoms with Gasteiger partial charge in [0.2, 0.25) is 0 Å². The number of hydrogen-bond acceptors (Lipinski definition) is 3. The summed E-state index contributed by atoms with van der Waals surface area (Å²) in [5.41, 5.74) is 3.60. The smallest absolute Gasteiger partial charge is 0.410 e. The molecule has 6 nitrogen and oxygen atoms in total. The number of H-pyrrole nitrogens is 2. The molecule has 2 aromatic heterocycles. The summed E-state index contributed by atoms with van der Waals surface area (Å²) in [6.45, 7) is 7.09. The van der Waals surface area contributed by atoms with Crippen LogP contribution in [-0.2, 0) is 4.74 Å². The summed E-state index contributed by atoms with van der Waals surface area (Å²) in [6, 6.07) is 12.4. The van der Waals surface area contributed by atoms with E-state index in [9.17, 15) is 4.79 Å². The third kappa shape index (κ3) is 3.84. The first-order valence-corrected chi connectivity index (χ1v) is 9.50. The van der Waals surface area contributed by atoms with Gasteiger partial charge in [-0.1, -0.05) is 18.2 Å². The molecule has 4 rings (SSSR count). The number of carbonyl (C=O) groups excluding carboxylic acids is 1. The second-order valence-corrected chi connectivity index (χ2v) is 8.24. The second kappa shape index (κ2) is 6.76. The number of aromatic nitrogens is 3. The van der Waals surface area contributed by atoms with E-state index >= 15 is 0 Å². The molecule has 0 radical (unpaired) electrons. The summed E-state index contributed by atoms with van der Waals surface area (Å²) in [4.78, 5) is 17.6. The maximum Gasteiger partial charge on any atom is 0.410 e. The fraction of sp³-hybridized carbons (Fsp3) is 0.429. The first kappa shape index (κ1) is 17.6. The van der Waals surface area contributed by atoms with Crippen LogP contribution < -0.4 is 0 Å². The monoisotopic (exact) mass is 366 g/mol. The Labute approximate surface area is 158 Å². The topological polar surface area (TPSA) is 74.0 Å². The van der Waals surface area contributed by atoms with Crippen LogP contribution in [0.3, 0.4) is 0 Å². The van der Waals surface area contributed by atoms with Crippen molar-refractivity contribution in [2.24, 2.45) is 0 Å². The van der Waals surface area contributed by atoms with E-state index in [-0.39, 0.29) is 12.0 Å². The first-order chi connectivity index (χ1) is 12.9. The number of hydrogen-bond donors (Lipinski definition) is 2. The van der Waals surface area contributed by atoms with Gasteiger partial charge in [-0.2, -0.15) is 5.10 Å². The van der Waals surface area contributed by atoms with Crippen molar-refractivity contribution in [2.75, 3.05) is 13.1 Å². The minimum Gasteiger partial charge on any atom is -0.444 e. The molecule has 1 aliphatic heterocycles. The normalized spacial score (nSPS) is 18.0. The SMILES string of the molecule is CC(C)(C)OC(=O)N1CCC[C@H](c2cc(-c3cc4ccccc4[nH]3)n[nH]2)C1. The predicted octanol–water partition coefficient (Wildman–Crippen LogP) is 4.67. The van der Waals surface area contributed by atoms with E-state index in [0.29, 0.717) is 6.54 Å². The highest BCUT2D eigenvalue weighted by Crippen LogP contribution is 2.30. The summed E-state index contributed by atoms with van der Waals surface area (Å²) in [5.74, 6) is 0.247. The number of rotatable bonds is 2. The van der Waals surface area contributed by atoms with Gasteiger partial charge in [0.15, 0.2) is 0 Å². The molecule has 1 aromatic carbocycles. The van der Waals surface area contributed by atoms with Crippen molar-refractivity contribution in [3.05, 3.63) is 42.1 Å². The Morgan fingerprint density at radius 2 is 2.07 bits per heavy atom. The van der Waals surface area contributed by atoms with Gasteiger partial charge in [0.05, 0.1) is 5.69 Å². The largest absolute Gasteiger partial charge is 0.444 e. The first-order valence-electron chi connectivity index (χ1n) is 9.50. The van der Waals surface area contributed by atoms with E-state index in [1.807, 2.05) is 37.8 Å². The molecule has 0 unspecified atom stereocenters. The number of para-hydroxylation sites is 1. The molecule has 1 saturated heterocycles. The third-order valence-corrected chi connectivity index (χ3v) is 4.92. The molecule has 0 aliphatic carbocycles. The molecule has 1 amide bonds. The molecule has 142 valence electrons. The molecule has 27 heavy (non-hydrogen) atoms. The van der Waals surface area contributed by atoms with Gasteiger partial charge in [-0.05, 0) is 51.8 Å². The Balaban J connectivity index is 1.50. The van der Waals surface area contributed by atoms with Gasteiger partial charge in [-0.25, -0.2) is 4.79 Å². The van der Waals surface area contributed by atoms with Crippen molar-refractivity contribution in [3.63, 3.8) is 0 Å². The Morgan fingerprint density at radius 1 is 1.26 bits per heavy atom. The average molecular weight is 366 g/mol. The molecule has 6 heteroatoms. The van der Waals surface area contributed by atoms with Crippen LogP contribution in [0.1, 0.15) is 45.2 Å². The standard InChI is InChI=1S/C21H26N4O2/c1-21(2,3)27-20(26)25-10-6-8-15(13-25)17-12-19(24-23-17)18-11-14-7-4-5-9-16(14)22-18/h4-5,7,9,11-12,15,22H,6,8,10,13H2,1-3H3,(H,23,24)/t15-/m0/s1. The van der Waals surface area contributed by atoms with E-state index in [1.165, 1.54) is 5.39 Å². The van der Waals surface area contributed by atoms with Crippen LogP contribution in [-0.4, -0.2) is 44.9 Å². The zero-order valence-electron chi connectivity index (χ0n) is 16.1. The summed E-state index contributed by atoms with van der Waals surface area (Å²) in [6.07, 6.45) is 1.76. The quantitative estimate of drug-likeness (QED) is 0.692. The van der Waals surface area contributed by atoms with Crippen molar-refractivity contribution in [2.45, 2.75) is 45.1 Å². The van der Waals surface area contributed by atoms with Crippen LogP contribution in [0.15, 0.2) is 36.4 Å². The molecule has 0 saturated carbocycles. The fourth-order valence-corrected chi connectivity index (χ4v) is 3.62. The maximum absolute atomic E-state index is 12.4. The van der Waals surface area contributed by atoms with Gasteiger partial charge in [0.25, 0.3) is 0 Å². The number of carbonyl (C=O) groups is 1. The lowest BCUT2D eigenvalue weighted by molar-refractivity contribution is 0.0197. The number of piperidine rings is 1.